The molecule has 0 fully saturated rings. The van der Waals surface area contributed by atoms with Crippen LogP contribution >= 0.6 is 0 Å². The van der Waals surface area contributed by atoms with Crippen molar-refractivity contribution in [2.75, 3.05) is 0 Å². The Hall–Kier alpha value is -2.87. The van der Waals surface area contributed by atoms with Gasteiger partial charge in [-0.25, -0.2) is 4.98 Å². The van der Waals surface area contributed by atoms with Crippen LogP contribution in [0.3, 0.4) is 0 Å². The lowest BCUT2D eigenvalue weighted by Gasteiger charge is -2.04. The van der Waals surface area contributed by atoms with Crippen molar-refractivity contribution in [3.63, 3.8) is 0 Å². The van der Waals surface area contributed by atoms with Crippen LogP contribution < -0.4 is 0 Å². The number of hydrogen-bond donors (Lipinski definition) is 1. The summed E-state index contributed by atoms with van der Waals surface area (Å²) in [6.45, 7) is 0. The second kappa shape index (κ2) is 4.42. The largest absolute Gasteiger partial charge is 0.493 e. The molecule has 92 valence electrons. The lowest BCUT2D eigenvalue weighted by Crippen LogP contribution is -1.98. The smallest absolute Gasteiger partial charge is 0.215 e. The van der Waals surface area contributed by atoms with Gasteiger partial charge in [-0.3, -0.25) is 0 Å². The van der Waals surface area contributed by atoms with Crippen LogP contribution in [-0.2, 0) is 6.42 Å². The Balaban J connectivity index is 1.98. The van der Waals surface area contributed by atoms with E-state index in [9.17, 15) is 5.11 Å². The van der Waals surface area contributed by atoms with E-state index in [4.69, 9.17) is 5.26 Å². The highest BCUT2D eigenvalue weighted by Gasteiger charge is 2.06. The Morgan fingerprint density at radius 3 is 3.00 bits per heavy atom. The normalized spacial score (nSPS) is 10.5. The summed E-state index contributed by atoms with van der Waals surface area (Å²) < 4.78 is 1.37. The third-order valence-corrected chi connectivity index (χ3v) is 2.83. The molecule has 2 aromatic heterocycles. The highest BCUT2D eigenvalue weighted by molar-refractivity contribution is 5.42. The summed E-state index contributed by atoms with van der Waals surface area (Å²) in [6.07, 6.45) is 2.15. The Morgan fingerprint density at radius 1 is 1.26 bits per heavy atom. The number of aromatic hydroxyl groups is 1. The number of nitrogens with zero attached hydrogens (tertiary/aromatic N) is 4. The standard InChI is InChI=1S/C14H10N4O/c15-9-11-3-1-2-10(6-11)7-12-8-14(19)18-13(17-12)4-5-16-18/h1-6,8,19H,7H2. The zero-order chi connectivity index (χ0) is 13.2. The second-order valence-corrected chi connectivity index (χ2v) is 4.20. The van der Waals surface area contributed by atoms with Crippen molar-refractivity contribution in [3.05, 3.63) is 59.4 Å². The summed E-state index contributed by atoms with van der Waals surface area (Å²) in [6, 6.07) is 12.8. The molecule has 2 heterocycles. The minimum atomic E-state index is 0.0569. The topological polar surface area (TPSA) is 74.2 Å². The summed E-state index contributed by atoms with van der Waals surface area (Å²) >= 11 is 0. The Kier molecular flexibility index (Phi) is 2.62. The van der Waals surface area contributed by atoms with Crippen LogP contribution in [0.25, 0.3) is 5.65 Å². The zero-order valence-corrected chi connectivity index (χ0v) is 9.98. The average molecular weight is 250 g/mol. The van der Waals surface area contributed by atoms with Gasteiger partial charge in [-0.05, 0) is 17.7 Å². The van der Waals surface area contributed by atoms with E-state index in [-0.39, 0.29) is 5.88 Å². The first-order chi connectivity index (χ1) is 9.26. The van der Waals surface area contributed by atoms with Gasteiger partial charge in [0.15, 0.2) is 5.65 Å². The lowest BCUT2D eigenvalue weighted by atomic mass is 10.1. The van der Waals surface area contributed by atoms with Crippen LogP contribution in [0, 0.1) is 11.3 Å². The number of nitriles is 1. The van der Waals surface area contributed by atoms with Crippen molar-refractivity contribution in [2.24, 2.45) is 0 Å². The van der Waals surface area contributed by atoms with Crippen LogP contribution in [-0.4, -0.2) is 19.7 Å². The van der Waals surface area contributed by atoms with E-state index in [0.717, 1.165) is 11.3 Å². The SMILES string of the molecule is N#Cc1cccc(Cc2cc(O)n3nccc3n2)c1. The summed E-state index contributed by atoms with van der Waals surface area (Å²) in [5.74, 6) is 0.0569. The molecule has 0 aliphatic carbocycles. The molecule has 0 aliphatic rings. The number of hydrogen-bond acceptors (Lipinski definition) is 4. The maximum atomic E-state index is 9.83. The number of benzene rings is 1. The van der Waals surface area contributed by atoms with Crippen LogP contribution in [0.15, 0.2) is 42.6 Å². The first-order valence-corrected chi connectivity index (χ1v) is 5.78. The molecule has 1 aromatic carbocycles. The number of fused-ring (bicyclic) bond motifs is 1. The summed E-state index contributed by atoms with van der Waals surface area (Å²) in [7, 11) is 0. The van der Waals surface area contributed by atoms with E-state index >= 15 is 0 Å². The molecule has 3 rings (SSSR count). The van der Waals surface area contributed by atoms with Gasteiger partial charge in [0.2, 0.25) is 5.88 Å². The van der Waals surface area contributed by atoms with Crippen molar-refractivity contribution in [1.82, 2.24) is 14.6 Å². The van der Waals surface area contributed by atoms with Gasteiger partial charge in [0.05, 0.1) is 23.5 Å². The Bertz CT molecular complexity index is 785. The van der Waals surface area contributed by atoms with Crippen LogP contribution in [0.2, 0.25) is 0 Å². The van der Waals surface area contributed by atoms with E-state index in [1.807, 2.05) is 18.2 Å². The summed E-state index contributed by atoms with van der Waals surface area (Å²) in [5, 5.41) is 22.7. The minimum absolute atomic E-state index is 0.0569. The van der Waals surface area contributed by atoms with E-state index in [1.165, 1.54) is 4.52 Å². The van der Waals surface area contributed by atoms with Gasteiger partial charge in [0.1, 0.15) is 0 Å². The molecule has 0 amide bonds. The van der Waals surface area contributed by atoms with Gasteiger partial charge in [-0.1, -0.05) is 12.1 Å². The molecule has 3 aromatic rings. The Labute approximate surface area is 109 Å². The Morgan fingerprint density at radius 2 is 2.16 bits per heavy atom. The summed E-state index contributed by atoms with van der Waals surface area (Å²) in [5.41, 5.74) is 2.94. The molecular formula is C14H10N4O. The molecule has 5 heteroatoms. The molecule has 0 bridgehead atoms. The minimum Gasteiger partial charge on any atom is -0.493 e. The first-order valence-electron chi connectivity index (χ1n) is 5.78. The van der Waals surface area contributed by atoms with Crippen molar-refractivity contribution >= 4 is 5.65 Å². The number of rotatable bonds is 2. The molecule has 0 spiro atoms. The molecule has 0 atom stereocenters. The van der Waals surface area contributed by atoms with Gasteiger partial charge in [0.25, 0.3) is 0 Å². The fourth-order valence-corrected chi connectivity index (χ4v) is 2.00. The molecule has 0 radical (unpaired) electrons. The second-order valence-electron chi connectivity index (χ2n) is 4.20. The number of aromatic nitrogens is 3. The van der Waals surface area contributed by atoms with Crippen molar-refractivity contribution in [1.29, 1.82) is 5.26 Å². The molecule has 5 nitrogen and oxygen atoms in total. The van der Waals surface area contributed by atoms with Gasteiger partial charge >= 0.3 is 0 Å². The van der Waals surface area contributed by atoms with Crippen LogP contribution in [0.4, 0.5) is 0 Å². The van der Waals surface area contributed by atoms with Crippen LogP contribution in [0.1, 0.15) is 16.8 Å². The van der Waals surface area contributed by atoms with Gasteiger partial charge < -0.3 is 5.11 Å². The predicted molar refractivity (Wildman–Crippen MR) is 68.6 cm³/mol. The molecular weight excluding hydrogens is 240 g/mol. The fraction of sp³-hybridized carbons (Fsp3) is 0.0714. The van der Waals surface area contributed by atoms with Gasteiger partial charge in [0, 0.05) is 18.6 Å². The molecule has 1 N–H and O–H groups in total. The van der Waals surface area contributed by atoms with E-state index in [1.54, 1.807) is 24.4 Å². The maximum Gasteiger partial charge on any atom is 0.215 e. The van der Waals surface area contributed by atoms with E-state index in [2.05, 4.69) is 16.2 Å². The van der Waals surface area contributed by atoms with Gasteiger partial charge in [-0.2, -0.15) is 14.9 Å². The molecule has 19 heavy (non-hydrogen) atoms. The molecule has 0 aliphatic heterocycles. The first kappa shape index (κ1) is 11.2. The third kappa shape index (κ3) is 2.11. The lowest BCUT2D eigenvalue weighted by molar-refractivity contribution is 0.434. The van der Waals surface area contributed by atoms with Gasteiger partial charge in [-0.15, -0.1) is 0 Å². The molecule has 0 saturated carbocycles. The van der Waals surface area contributed by atoms with E-state index < -0.39 is 0 Å². The van der Waals surface area contributed by atoms with Crippen LogP contribution in [0.5, 0.6) is 5.88 Å². The average Bonchev–Trinajstić information content (AvgIpc) is 2.88. The zero-order valence-electron chi connectivity index (χ0n) is 9.98. The molecule has 0 saturated heterocycles. The highest BCUT2D eigenvalue weighted by atomic mass is 16.3. The summed E-state index contributed by atoms with van der Waals surface area (Å²) in [4.78, 5) is 4.40. The van der Waals surface area contributed by atoms with Crippen molar-refractivity contribution in [2.45, 2.75) is 6.42 Å². The fourth-order valence-electron chi connectivity index (χ4n) is 2.00. The third-order valence-electron chi connectivity index (χ3n) is 2.83. The maximum absolute atomic E-state index is 9.83. The quantitative estimate of drug-likeness (QED) is 0.753. The van der Waals surface area contributed by atoms with Crippen molar-refractivity contribution < 1.29 is 5.11 Å². The highest BCUT2D eigenvalue weighted by Crippen LogP contribution is 2.16. The van der Waals surface area contributed by atoms with Crippen molar-refractivity contribution in [3.8, 4) is 11.9 Å². The van der Waals surface area contributed by atoms with E-state index in [0.29, 0.717) is 17.6 Å². The monoisotopic (exact) mass is 250 g/mol. The molecule has 0 unspecified atom stereocenters. The predicted octanol–water partition coefficient (Wildman–Crippen LogP) is 1.90.